The lowest BCUT2D eigenvalue weighted by atomic mass is 9.90. The Kier molecular flexibility index (Phi) is 6.62. The van der Waals surface area contributed by atoms with Gasteiger partial charge < -0.3 is 15.1 Å². The Hall–Kier alpha value is -2.89. The molecule has 0 aliphatic carbocycles. The zero-order chi connectivity index (χ0) is 20.8. The van der Waals surface area contributed by atoms with Gasteiger partial charge in [0.05, 0.1) is 0 Å². The Morgan fingerprint density at radius 3 is 2.47 bits per heavy atom. The molecule has 1 aromatic carbocycles. The van der Waals surface area contributed by atoms with Gasteiger partial charge in [-0.05, 0) is 61.3 Å². The van der Waals surface area contributed by atoms with Gasteiger partial charge in [0.15, 0.2) is 0 Å². The standard InChI is InChI=1S/C24H30N4O2/c29-23(26-17-21-10-14-28(18-21)22-6-2-1-3-7-22)24(30)27-12-8-19(9-13-27)15-20-5-4-11-25-16-20/h1-7,11,16,19,21H,8-10,12-15,17-18H2,(H,26,29). The number of carbonyl (C=O) groups excluding carboxylic acids is 2. The van der Waals surface area contributed by atoms with E-state index in [0.29, 0.717) is 31.5 Å². The van der Waals surface area contributed by atoms with Crippen molar-refractivity contribution in [1.29, 1.82) is 0 Å². The zero-order valence-electron chi connectivity index (χ0n) is 17.4. The molecule has 2 amide bonds. The second-order valence-corrected chi connectivity index (χ2v) is 8.45. The van der Waals surface area contributed by atoms with Crippen LogP contribution in [0.25, 0.3) is 0 Å². The third kappa shape index (κ3) is 5.17. The molecule has 0 saturated carbocycles. The first-order valence-electron chi connectivity index (χ1n) is 10.9. The summed E-state index contributed by atoms with van der Waals surface area (Å²) in [5.74, 6) is 0.0857. The molecule has 6 nitrogen and oxygen atoms in total. The average molecular weight is 407 g/mol. The maximum absolute atomic E-state index is 12.5. The van der Waals surface area contributed by atoms with Crippen molar-refractivity contribution < 1.29 is 9.59 Å². The molecule has 0 spiro atoms. The molecule has 0 radical (unpaired) electrons. The lowest BCUT2D eigenvalue weighted by Crippen LogP contribution is -2.47. The van der Waals surface area contributed by atoms with Gasteiger partial charge in [0.25, 0.3) is 0 Å². The number of amides is 2. The molecule has 158 valence electrons. The van der Waals surface area contributed by atoms with Crippen molar-refractivity contribution in [3.63, 3.8) is 0 Å². The Bertz CT molecular complexity index is 835. The van der Waals surface area contributed by atoms with Crippen LogP contribution in [0.2, 0.25) is 0 Å². The summed E-state index contributed by atoms with van der Waals surface area (Å²) in [7, 11) is 0. The quantitative estimate of drug-likeness (QED) is 0.775. The topological polar surface area (TPSA) is 65.5 Å². The van der Waals surface area contributed by atoms with Gasteiger partial charge in [0.2, 0.25) is 0 Å². The number of piperidine rings is 1. The number of aromatic nitrogens is 1. The number of nitrogens with one attached hydrogen (secondary N) is 1. The van der Waals surface area contributed by atoms with Gasteiger partial charge in [-0.3, -0.25) is 14.6 Å². The summed E-state index contributed by atoms with van der Waals surface area (Å²) >= 11 is 0. The molecule has 4 rings (SSSR count). The summed E-state index contributed by atoms with van der Waals surface area (Å²) < 4.78 is 0. The fourth-order valence-corrected chi connectivity index (χ4v) is 4.52. The van der Waals surface area contributed by atoms with Crippen LogP contribution in [0, 0.1) is 11.8 Å². The van der Waals surface area contributed by atoms with E-state index in [9.17, 15) is 9.59 Å². The van der Waals surface area contributed by atoms with Crippen LogP contribution >= 0.6 is 0 Å². The van der Waals surface area contributed by atoms with E-state index in [1.807, 2.05) is 30.5 Å². The molecule has 2 aromatic rings. The maximum atomic E-state index is 12.5. The number of para-hydroxylation sites is 1. The van der Waals surface area contributed by atoms with Gasteiger partial charge in [-0.1, -0.05) is 24.3 Å². The summed E-state index contributed by atoms with van der Waals surface area (Å²) in [5.41, 5.74) is 2.46. The lowest BCUT2D eigenvalue weighted by molar-refractivity contribution is -0.146. The molecule has 3 heterocycles. The Balaban J connectivity index is 1.18. The van der Waals surface area contributed by atoms with Crippen LogP contribution in [-0.2, 0) is 16.0 Å². The van der Waals surface area contributed by atoms with Crippen molar-refractivity contribution >= 4 is 17.5 Å². The van der Waals surface area contributed by atoms with Crippen LogP contribution in [0.4, 0.5) is 5.69 Å². The Morgan fingerprint density at radius 1 is 0.967 bits per heavy atom. The summed E-state index contributed by atoms with van der Waals surface area (Å²) in [6.07, 6.45) is 7.58. The molecule has 30 heavy (non-hydrogen) atoms. The zero-order valence-corrected chi connectivity index (χ0v) is 17.4. The SMILES string of the molecule is O=C(NCC1CCN(c2ccccc2)C1)C(=O)N1CCC(Cc2cccnc2)CC1. The predicted molar refractivity (Wildman–Crippen MR) is 117 cm³/mol. The maximum Gasteiger partial charge on any atom is 0.311 e. The van der Waals surface area contributed by atoms with Gasteiger partial charge in [0, 0.05) is 50.8 Å². The highest BCUT2D eigenvalue weighted by molar-refractivity contribution is 6.35. The Morgan fingerprint density at radius 2 is 1.73 bits per heavy atom. The summed E-state index contributed by atoms with van der Waals surface area (Å²) in [6.45, 7) is 3.78. The van der Waals surface area contributed by atoms with Crippen LogP contribution in [-0.4, -0.2) is 54.4 Å². The molecule has 1 aromatic heterocycles. The van der Waals surface area contributed by atoms with E-state index in [4.69, 9.17) is 0 Å². The van der Waals surface area contributed by atoms with Crippen LogP contribution in [0.3, 0.4) is 0 Å². The molecule has 1 unspecified atom stereocenters. The second kappa shape index (κ2) is 9.74. The number of anilines is 1. The molecule has 2 aliphatic rings. The fourth-order valence-electron chi connectivity index (χ4n) is 4.52. The van der Waals surface area contributed by atoms with E-state index < -0.39 is 5.91 Å². The minimum Gasteiger partial charge on any atom is -0.371 e. The number of pyridine rings is 1. The highest BCUT2D eigenvalue weighted by Crippen LogP contribution is 2.23. The van der Waals surface area contributed by atoms with E-state index in [1.165, 1.54) is 11.3 Å². The van der Waals surface area contributed by atoms with E-state index >= 15 is 0 Å². The van der Waals surface area contributed by atoms with Crippen LogP contribution in [0.5, 0.6) is 0 Å². The fraction of sp³-hybridized carbons (Fsp3) is 0.458. The largest absolute Gasteiger partial charge is 0.371 e. The first-order valence-corrected chi connectivity index (χ1v) is 10.9. The van der Waals surface area contributed by atoms with Crippen LogP contribution in [0.1, 0.15) is 24.8 Å². The minimum absolute atomic E-state index is 0.382. The third-order valence-corrected chi connectivity index (χ3v) is 6.30. The summed E-state index contributed by atoms with van der Waals surface area (Å²) in [4.78, 5) is 33.2. The smallest absolute Gasteiger partial charge is 0.311 e. The molecular weight excluding hydrogens is 376 g/mol. The number of likely N-dealkylation sites (tertiary alicyclic amines) is 1. The third-order valence-electron chi connectivity index (χ3n) is 6.30. The number of rotatable bonds is 5. The van der Waals surface area contributed by atoms with E-state index in [0.717, 1.165) is 38.8 Å². The molecule has 2 aliphatic heterocycles. The lowest BCUT2D eigenvalue weighted by Gasteiger charge is -2.31. The highest BCUT2D eigenvalue weighted by atomic mass is 16.2. The minimum atomic E-state index is -0.459. The number of carbonyl (C=O) groups is 2. The van der Waals surface area contributed by atoms with E-state index in [1.54, 1.807) is 11.1 Å². The number of hydrogen-bond acceptors (Lipinski definition) is 4. The molecule has 2 saturated heterocycles. The second-order valence-electron chi connectivity index (χ2n) is 8.45. The van der Waals surface area contributed by atoms with Crippen molar-refractivity contribution in [3.05, 3.63) is 60.4 Å². The summed E-state index contributed by atoms with van der Waals surface area (Å²) in [5, 5.41) is 2.88. The first kappa shape index (κ1) is 20.4. The van der Waals surface area contributed by atoms with Crippen molar-refractivity contribution in [1.82, 2.24) is 15.2 Å². The molecule has 1 atom stereocenters. The van der Waals surface area contributed by atoms with Crippen molar-refractivity contribution in [2.45, 2.75) is 25.7 Å². The molecule has 2 fully saturated rings. The van der Waals surface area contributed by atoms with Crippen LogP contribution in [0.15, 0.2) is 54.9 Å². The number of benzene rings is 1. The van der Waals surface area contributed by atoms with Gasteiger partial charge >= 0.3 is 11.8 Å². The summed E-state index contributed by atoms with van der Waals surface area (Å²) in [6, 6.07) is 14.4. The van der Waals surface area contributed by atoms with E-state index in [-0.39, 0.29) is 5.91 Å². The van der Waals surface area contributed by atoms with Gasteiger partial charge in [-0.2, -0.15) is 0 Å². The van der Waals surface area contributed by atoms with Crippen molar-refractivity contribution in [2.75, 3.05) is 37.6 Å². The molecule has 6 heteroatoms. The predicted octanol–water partition coefficient (Wildman–Crippen LogP) is 2.51. The first-order chi connectivity index (χ1) is 14.7. The highest BCUT2D eigenvalue weighted by Gasteiger charge is 2.28. The van der Waals surface area contributed by atoms with Crippen LogP contribution < -0.4 is 10.2 Å². The van der Waals surface area contributed by atoms with Gasteiger partial charge in [0.1, 0.15) is 0 Å². The average Bonchev–Trinajstić information content (AvgIpc) is 3.28. The number of hydrogen-bond donors (Lipinski definition) is 1. The van der Waals surface area contributed by atoms with Crippen molar-refractivity contribution in [2.24, 2.45) is 11.8 Å². The normalized spacial score (nSPS) is 19.7. The molecule has 1 N–H and O–H groups in total. The number of nitrogens with zero attached hydrogens (tertiary/aromatic N) is 3. The Labute approximate surface area is 178 Å². The van der Waals surface area contributed by atoms with E-state index in [2.05, 4.69) is 33.4 Å². The monoisotopic (exact) mass is 406 g/mol. The molecular formula is C24H30N4O2. The van der Waals surface area contributed by atoms with Gasteiger partial charge in [-0.25, -0.2) is 0 Å². The van der Waals surface area contributed by atoms with Crippen molar-refractivity contribution in [3.8, 4) is 0 Å². The van der Waals surface area contributed by atoms with Gasteiger partial charge in [-0.15, -0.1) is 0 Å². The molecule has 0 bridgehead atoms.